The van der Waals surface area contributed by atoms with Gasteiger partial charge in [0.1, 0.15) is 11.8 Å². The third kappa shape index (κ3) is 4.51. The summed E-state index contributed by atoms with van der Waals surface area (Å²) in [5, 5.41) is 6.43. The van der Waals surface area contributed by atoms with Gasteiger partial charge in [0.2, 0.25) is 5.91 Å². The predicted octanol–water partition coefficient (Wildman–Crippen LogP) is 1.76. The average Bonchev–Trinajstić information content (AvgIpc) is 2.81. The Bertz CT molecular complexity index is 706. The first-order chi connectivity index (χ1) is 10.7. The molecule has 0 saturated carbocycles. The Hall–Kier alpha value is -1.47. The largest absolute Gasteiger partial charge is 0.495 e. The molecule has 0 aromatic heterocycles. The lowest BCUT2D eigenvalue weighted by Gasteiger charge is -2.20. The second kappa shape index (κ2) is 6.97. The van der Waals surface area contributed by atoms with Crippen molar-refractivity contribution in [2.45, 2.75) is 32.4 Å². The van der Waals surface area contributed by atoms with Crippen molar-refractivity contribution in [2.75, 3.05) is 23.9 Å². The summed E-state index contributed by atoms with van der Waals surface area (Å²) in [7, 11) is -1.49. The number of methoxy groups -OCH3 is 1. The topological polar surface area (TPSA) is 84.5 Å². The number of benzene rings is 1. The number of hydrogen-bond donors (Lipinski definition) is 2. The molecule has 1 heterocycles. The fourth-order valence-corrected chi connectivity index (χ4v) is 4.31. The Labute approximate surface area is 141 Å². The molecular formula is C15H21ClN2O4S. The molecule has 128 valence electrons. The third-order valence-electron chi connectivity index (χ3n) is 3.82. The summed E-state index contributed by atoms with van der Waals surface area (Å²) >= 11 is 6.06. The lowest BCUT2D eigenvalue weighted by Crippen LogP contribution is -2.43. The number of carbonyl (C=O) groups excluding carboxylic acids is 1. The van der Waals surface area contributed by atoms with Crippen LogP contribution in [0.15, 0.2) is 12.1 Å². The zero-order valence-corrected chi connectivity index (χ0v) is 14.9. The Morgan fingerprint density at radius 3 is 2.70 bits per heavy atom. The van der Waals surface area contributed by atoms with Crippen molar-refractivity contribution in [1.82, 2.24) is 5.32 Å². The quantitative estimate of drug-likeness (QED) is 0.835. The number of sulfone groups is 1. The Kier molecular flexibility index (Phi) is 5.41. The van der Waals surface area contributed by atoms with E-state index in [9.17, 15) is 13.2 Å². The molecule has 1 aliphatic rings. The maximum absolute atomic E-state index is 12.2. The van der Waals surface area contributed by atoms with Crippen molar-refractivity contribution in [2.24, 2.45) is 0 Å². The summed E-state index contributed by atoms with van der Waals surface area (Å²) in [4.78, 5) is 12.2. The smallest absolute Gasteiger partial charge is 0.242 e. The first-order valence-corrected chi connectivity index (χ1v) is 9.53. The summed E-state index contributed by atoms with van der Waals surface area (Å²) in [6.45, 7) is 3.57. The van der Waals surface area contributed by atoms with Gasteiger partial charge in [-0.05, 0) is 31.9 Å². The maximum Gasteiger partial charge on any atom is 0.242 e. The van der Waals surface area contributed by atoms with Gasteiger partial charge in [0, 0.05) is 17.1 Å². The molecule has 1 aromatic rings. The number of amides is 1. The second-order valence-corrected chi connectivity index (χ2v) is 8.41. The van der Waals surface area contributed by atoms with Crippen LogP contribution in [0.1, 0.15) is 18.9 Å². The van der Waals surface area contributed by atoms with Crippen LogP contribution in [-0.2, 0) is 14.6 Å². The molecule has 1 aliphatic heterocycles. The maximum atomic E-state index is 12.2. The van der Waals surface area contributed by atoms with Crippen LogP contribution in [0.4, 0.5) is 5.69 Å². The van der Waals surface area contributed by atoms with Crippen LogP contribution < -0.4 is 15.4 Å². The van der Waals surface area contributed by atoms with E-state index in [1.807, 2.05) is 13.0 Å². The van der Waals surface area contributed by atoms with E-state index in [0.717, 1.165) is 5.56 Å². The van der Waals surface area contributed by atoms with Crippen LogP contribution >= 0.6 is 11.6 Å². The fraction of sp³-hybridized carbons (Fsp3) is 0.533. The number of halogens is 1. The van der Waals surface area contributed by atoms with E-state index >= 15 is 0 Å². The van der Waals surface area contributed by atoms with Gasteiger partial charge >= 0.3 is 0 Å². The third-order valence-corrected chi connectivity index (χ3v) is 6.00. The minimum absolute atomic E-state index is 0.00876. The number of hydrogen-bond acceptors (Lipinski definition) is 5. The normalized spacial score (nSPS) is 20.8. The molecule has 0 radical (unpaired) electrons. The zero-order chi connectivity index (χ0) is 17.2. The highest BCUT2D eigenvalue weighted by atomic mass is 35.5. The van der Waals surface area contributed by atoms with E-state index in [1.54, 1.807) is 13.0 Å². The van der Waals surface area contributed by atoms with Crippen LogP contribution in [-0.4, -0.2) is 45.0 Å². The summed E-state index contributed by atoms with van der Waals surface area (Å²) in [5.74, 6) is 0.434. The van der Waals surface area contributed by atoms with Gasteiger partial charge in [-0.1, -0.05) is 11.6 Å². The Balaban J connectivity index is 2.03. The van der Waals surface area contributed by atoms with Gasteiger partial charge in [-0.25, -0.2) is 8.42 Å². The molecule has 1 amide bonds. The van der Waals surface area contributed by atoms with Gasteiger partial charge in [0.15, 0.2) is 9.84 Å². The summed E-state index contributed by atoms with van der Waals surface area (Å²) in [6.07, 6.45) is 0.462. The highest BCUT2D eigenvalue weighted by molar-refractivity contribution is 7.91. The summed E-state index contributed by atoms with van der Waals surface area (Å²) in [5.41, 5.74) is 1.53. The minimum atomic E-state index is -3.02. The molecule has 2 N–H and O–H groups in total. The van der Waals surface area contributed by atoms with Crippen LogP contribution in [0.25, 0.3) is 0 Å². The zero-order valence-electron chi connectivity index (χ0n) is 13.3. The van der Waals surface area contributed by atoms with Crippen molar-refractivity contribution < 1.29 is 17.9 Å². The molecule has 23 heavy (non-hydrogen) atoms. The first kappa shape index (κ1) is 17.9. The van der Waals surface area contributed by atoms with E-state index in [1.165, 1.54) is 7.11 Å². The molecule has 1 aromatic carbocycles. The standard InChI is InChI=1S/C15H21ClN2O4S/c1-9-6-13(14(22-3)7-12(9)16)17-10(2)15(19)18-11-4-5-23(20,21)8-11/h6-7,10-11,17H,4-5,8H2,1-3H3,(H,18,19). The SMILES string of the molecule is COc1cc(Cl)c(C)cc1NC(C)C(=O)NC1CCS(=O)(=O)C1. The van der Waals surface area contributed by atoms with Gasteiger partial charge in [-0.15, -0.1) is 0 Å². The molecule has 2 atom stereocenters. The minimum Gasteiger partial charge on any atom is -0.495 e. The highest BCUT2D eigenvalue weighted by Crippen LogP contribution is 2.31. The molecule has 2 unspecified atom stereocenters. The first-order valence-electron chi connectivity index (χ1n) is 7.33. The van der Waals surface area contributed by atoms with Crippen molar-refractivity contribution >= 4 is 33.0 Å². The number of aryl methyl sites for hydroxylation is 1. The van der Waals surface area contributed by atoms with Crippen molar-refractivity contribution in [3.63, 3.8) is 0 Å². The number of carbonyl (C=O) groups is 1. The molecule has 8 heteroatoms. The number of ether oxygens (including phenoxy) is 1. The van der Waals surface area contributed by atoms with Crippen LogP contribution in [0, 0.1) is 6.92 Å². The lowest BCUT2D eigenvalue weighted by atomic mass is 10.1. The predicted molar refractivity (Wildman–Crippen MR) is 91.0 cm³/mol. The van der Waals surface area contributed by atoms with Crippen LogP contribution in [0.3, 0.4) is 0 Å². The lowest BCUT2D eigenvalue weighted by molar-refractivity contribution is -0.122. The Morgan fingerprint density at radius 2 is 2.13 bits per heavy atom. The Morgan fingerprint density at radius 1 is 1.43 bits per heavy atom. The van der Waals surface area contributed by atoms with Gasteiger partial charge in [0.25, 0.3) is 0 Å². The average molecular weight is 361 g/mol. The van der Waals surface area contributed by atoms with E-state index in [0.29, 0.717) is 22.9 Å². The van der Waals surface area contributed by atoms with Crippen molar-refractivity contribution in [3.05, 3.63) is 22.7 Å². The van der Waals surface area contributed by atoms with Gasteiger partial charge in [-0.3, -0.25) is 4.79 Å². The van der Waals surface area contributed by atoms with Crippen molar-refractivity contribution in [1.29, 1.82) is 0 Å². The van der Waals surface area contributed by atoms with Gasteiger partial charge in [-0.2, -0.15) is 0 Å². The van der Waals surface area contributed by atoms with Gasteiger partial charge < -0.3 is 15.4 Å². The van der Waals surface area contributed by atoms with E-state index in [-0.39, 0.29) is 23.5 Å². The second-order valence-electron chi connectivity index (χ2n) is 5.78. The molecule has 1 fully saturated rings. The number of anilines is 1. The van der Waals surface area contributed by atoms with E-state index in [4.69, 9.17) is 16.3 Å². The molecule has 1 saturated heterocycles. The number of nitrogens with one attached hydrogen (secondary N) is 2. The van der Waals surface area contributed by atoms with Crippen LogP contribution in [0.5, 0.6) is 5.75 Å². The molecule has 0 bridgehead atoms. The molecular weight excluding hydrogens is 340 g/mol. The van der Waals surface area contributed by atoms with Crippen molar-refractivity contribution in [3.8, 4) is 5.75 Å². The molecule has 6 nitrogen and oxygen atoms in total. The van der Waals surface area contributed by atoms with Gasteiger partial charge in [0.05, 0.1) is 24.3 Å². The fourth-order valence-electron chi connectivity index (χ4n) is 2.48. The summed E-state index contributed by atoms with van der Waals surface area (Å²) in [6, 6.07) is 2.65. The monoisotopic (exact) mass is 360 g/mol. The molecule has 0 aliphatic carbocycles. The van der Waals surface area contributed by atoms with E-state index in [2.05, 4.69) is 10.6 Å². The van der Waals surface area contributed by atoms with Crippen LogP contribution in [0.2, 0.25) is 5.02 Å². The highest BCUT2D eigenvalue weighted by Gasteiger charge is 2.30. The molecule has 2 rings (SSSR count). The summed E-state index contributed by atoms with van der Waals surface area (Å²) < 4.78 is 28.1. The number of rotatable bonds is 5. The van der Waals surface area contributed by atoms with E-state index < -0.39 is 15.9 Å². The molecule has 0 spiro atoms.